The molecule has 19 heavy (non-hydrogen) atoms. The summed E-state index contributed by atoms with van der Waals surface area (Å²) in [5.74, 6) is 0.753. The fourth-order valence-corrected chi connectivity index (χ4v) is 2.06. The van der Waals surface area contributed by atoms with Gasteiger partial charge in [0.25, 0.3) is 0 Å². The molecule has 96 valence electrons. The Labute approximate surface area is 112 Å². The normalized spacial score (nSPS) is 15.3. The van der Waals surface area contributed by atoms with Crippen LogP contribution >= 0.6 is 0 Å². The van der Waals surface area contributed by atoms with Crippen LogP contribution in [0, 0.1) is 0 Å². The van der Waals surface area contributed by atoms with E-state index >= 15 is 0 Å². The van der Waals surface area contributed by atoms with E-state index < -0.39 is 0 Å². The predicted molar refractivity (Wildman–Crippen MR) is 79.6 cm³/mol. The van der Waals surface area contributed by atoms with Crippen LogP contribution in [0.3, 0.4) is 0 Å². The maximum absolute atomic E-state index is 4.29. The molecule has 3 rings (SSSR count). The summed E-state index contributed by atoms with van der Waals surface area (Å²) in [7, 11) is 0. The van der Waals surface area contributed by atoms with Gasteiger partial charge < -0.3 is 5.32 Å². The Kier molecular flexibility index (Phi) is 3.40. The van der Waals surface area contributed by atoms with Crippen molar-refractivity contribution < 1.29 is 0 Å². The van der Waals surface area contributed by atoms with Crippen LogP contribution in [0.2, 0.25) is 0 Å². The lowest BCUT2D eigenvalue weighted by atomic mass is 10.1. The van der Waals surface area contributed by atoms with Crippen molar-refractivity contribution in [1.29, 1.82) is 0 Å². The molecule has 0 amide bonds. The maximum atomic E-state index is 4.29. The Morgan fingerprint density at radius 1 is 1.16 bits per heavy atom. The summed E-state index contributed by atoms with van der Waals surface area (Å²) in [6.45, 7) is 1.82. The van der Waals surface area contributed by atoms with E-state index in [1.165, 1.54) is 10.8 Å². The van der Waals surface area contributed by atoms with Crippen LogP contribution in [0.4, 0.5) is 0 Å². The van der Waals surface area contributed by atoms with Crippen molar-refractivity contribution in [3.8, 4) is 0 Å². The zero-order valence-corrected chi connectivity index (χ0v) is 10.6. The highest BCUT2D eigenvalue weighted by Crippen LogP contribution is 2.14. The van der Waals surface area contributed by atoms with Crippen LogP contribution in [0.15, 0.2) is 52.6 Å². The molecule has 0 bridgehead atoms. The SMILES string of the molecule is C(=N\NC1=NCCCN1)/c1ccc2ccccc2c1. The van der Waals surface area contributed by atoms with E-state index in [9.17, 15) is 0 Å². The molecule has 0 unspecified atom stereocenters. The smallest absolute Gasteiger partial charge is 0.212 e. The second kappa shape index (κ2) is 5.52. The third kappa shape index (κ3) is 2.91. The van der Waals surface area contributed by atoms with E-state index in [2.05, 4.69) is 51.2 Å². The molecule has 0 spiro atoms. The Morgan fingerprint density at radius 3 is 2.89 bits per heavy atom. The van der Waals surface area contributed by atoms with Gasteiger partial charge in [0, 0.05) is 13.1 Å². The molecule has 4 nitrogen and oxygen atoms in total. The van der Waals surface area contributed by atoms with Crippen molar-refractivity contribution in [2.24, 2.45) is 10.1 Å². The van der Waals surface area contributed by atoms with Gasteiger partial charge in [-0.1, -0.05) is 36.4 Å². The maximum Gasteiger partial charge on any atom is 0.212 e. The van der Waals surface area contributed by atoms with Gasteiger partial charge in [-0.3, -0.25) is 4.99 Å². The van der Waals surface area contributed by atoms with Crippen molar-refractivity contribution in [2.75, 3.05) is 13.1 Å². The number of hydrogen-bond donors (Lipinski definition) is 2. The average Bonchev–Trinajstić information content (AvgIpc) is 2.48. The van der Waals surface area contributed by atoms with Gasteiger partial charge in [-0.15, -0.1) is 0 Å². The first kappa shape index (κ1) is 11.7. The van der Waals surface area contributed by atoms with E-state index in [4.69, 9.17) is 0 Å². The summed E-state index contributed by atoms with van der Waals surface area (Å²) in [4.78, 5) is 4.29. The minimum Gasteiger partial charge on any atom is -0.355 e. The van der Waals surface area contributed by atoms with Crippen molar-refractivity contribution >= 4 is 22.9 Å². The number of aliphatic imine (C=N–C) groups is 1. The molecule has 0 saturated heterocycles. The lowest BCUT2D eigenvalue weighted by Gasteiger charge is -2.12. The van der Waals surface area contributed by atoms with Crippen LogP contribution in [0.5, 0.6) is 0 Å². The molecule has 2 N–H and O–H groups in total. The molecule has 0 atom stereocenters. The summed E-state index contributed by atoms with van der Waals surface area (Å²) in [6.07, 6.45) is 2.89. The molecule has 0 aliphatic carbocycles. The van der Waals surface area contributed by atoms with Gasteiger partial charge in [-0.2, -0.15) is 5.10 Å². The van der Waals surface area contributed by atoms with Crippen LogP contribution in [-0.2, 0) is 0 Å². The van der Waals surface area contributed by atoms with Gasteiger partial charge in [-0.05, 0) is 28.8 Å². The number of nitrogens with zero attached hydrogens (tertiary/aromatic N) is 2. The lowest BCUT2D eigenvalue weighted by Crippen LogP contribution is -2.38. The first-order chi connectivity index (χ1) is 9.42. The first-order valence-electron chi connectivity index (χ1n) is 6.48. The van der Waals surface area contributed by atoms with Crippen LogP contribution in [-0.4, -0.2) is 25.3 Å². The summed E-state index contributed by atoms with van der Waals surface area (Å²) in [5.41, 5.74) is 4.00. The van der Waals surface area contributed by atoms with E-state index in [1.54, 1.807) is 0 Å². The van der Waals surface area contributed by atoms with Crippen LogP contribution in [0.25, 0.3) is 10.8 Å². The largest absolute Gasteiger partial charge is 0.355 e. The minimum absolute atomic E-state index is 0.753. The number of fused-ring (bicyclic) bond motifs is 1. The molecule has 1 aliphatic heterocycles. The monoisotopic (exact) mass is 252 g/mol. The van der Waals surface area contributed by atoms with Gasteiger partial charge in [0.15, 0.2) is 0 Å². The fourth-order valence-electron chi connectivity index (χ4n) is 2.06. The topological polar surface area (TPSA) is 48.8 Å². The highest BCUT2D eigenvalue weighted by molar-refractivity contribution is 5.91. The lowest BCUT2D eigenvalue weighted by molar-refractivity contribution is 0.712. The Balaban J connectivity index is 1.72. The van der Waals surface area contributed by atoms with Crippen molar-refractivity contribution in [2.45, 2.75) is 6.42 Å². The standard InChI is InChI=1S/C15H16N4/c1-2-5-14-10-12(6-7-13(14)4-1)11-18-19-15-16-8-3-9-17-15/h1-2,4-7,10-11H,3,8-9H2,(H2,16,17,19)/b18-11+. The van der Waals surface area contributed by atoms with E-state index in [0.717, 1.165) is 31.0 Å². The molecule has 2 aromatic rings. The number of rotatable bonds is 2. The molecule has 0 fully saturated rings. The molecule has 1 aliphatic rings. The Morgan fingerprint density at radius 2 is 2.05 bits per heavy atom. The molecule has 0 radical (unpaired) electrons. The average molecular weight is 252 g/mol. The third-order valence-corrected chi connectivity index (χ3v) is 3.05. The van der Waals surface area contributed by atoms with Crippen LogP contribution < -0.4 is 10.7 Å². The second-order valence-corrected chi connectivity index (χ2v) is 4.49. The molecule has 0 aromatic heterocycles. The minimum atomic E-state index is 0.753. The highest BCUT2D eigenvalue weighted by atomic mass is 15.4. The molecule has 4 heteroatoms. The number of hydrazone groups is 1. The predicted octanol–water partition coefficient (Wildman–Crippen LogP) is 2.11. The molecular formula is C15H16N4. The molecular weight excluding hydrogens is 236 g/mol. The molecule has 0 saturated carbocycles. The fraction of sp³-hybridized carbons (Fsp3) is 0.200. The van der Waals surface area contributed by atoms with Gasteiger partial charge >= 0.3 is 0 Å². The van der Waals surface area contributed by atoms with Gasteiger partial charge in [-0.25, -0.2) is 5.43 Å². The summed E-state index contributed by atoms with van der Waals surface area (Å²) in [5, 5.41) is 9.83. The number of nitrogens with one attached hydrogen (secondary N) is 2. The quantitative estimate of drug-likeness (QED) is 0.635. The summed E-state index contributed by atoms with van der Waals surface area (Å²) < 4.78 is 0. The zero-order valence-electron chi connectivity index (χ0n) is 10.6. The van der Waals surface area contributed by atoms with Gasteiger partial charge in [0.1, 0.15) is 0 Å². The van der Waals surface area contributed by atoms with Gasteiger partial charge in [0.05, 0.1) is 6.21 Å². The van der Waals surface area contributed by atoms with Gasteiger partial charge in [0.2, 0.25) is 5.96 Å². The number of hydrogen-bond acceptors (Lipinski definition) is 4. The number of guanidine groups is 1. The summed E-state index contributed by atoms with van der Waals surface area (Å²) in [6, 6.07) is 14.6. The van der Waals surface area contributed by atoms with E-state index in [1.807, 2.05) is 18.3 Å². The zero-order chi connectivity index (χ0) is 12.9. The second-order valence-electron chi connectivity index (χ2n) is 4.49. The van der Waals surface area contributed by atoms with Crippen LogP contribution in [0.1, 0.15) is 12.0 Å². The summed E-state index contributed by atoms with van der Waals surface area (Å²) >= 11 is 0. The first-order valence-corrected chi connectivity index (χ1v) is 6.48. The van der Waals surface area contributed by atoms with Crippen molar-refractivity contribution in [3.05, 3.63) is 48.0 Å². The van der Waals surface area contributed by atoms with E-state index in [-0.39, 0.29) is 0 Å². The van der Waals surface area contributed by atoms with E-state index in [0.29, 0.717) is 0 Å². The van der Waals surface area contributed by atoms with Crippen molar-refractivity contribution in [1.82, 2.24) is 10.7 Å². The highest BCUT2D eigenvalue weighted by Gasteiger charge is 2.00. The van der Waals surface area contributed by atoms with Crippen molar-refractivity contribution in [3.63, 3.8) is 0 Å². The molecule has 2 aromatic carbocycles. The third-order valence-electron chi connectivity index (χ3n) is 3.05. The number of benzene rings is 2. The Bertz CT molecular complexity index is 631. The Hall–Kier alpha value is -2.36. The molecule has 1 heterocycles.